The first-order valence-electron chi connectivity index (χ1n) is 22.0. The minimum Gasteiger partial charge on any atom is -0.480 e. The predicted octanol–water partition coefficient (Wildman–Crippen LogP) is -3.13. The second kappa shape index (κ2) is 30.9. The number of nitrogens with zero attached hydrogens (tertiary/aromatic N) is 2. The first kappa shape index (κ1) is 56.9. The van der Waals surface area contributed by atoms with Crippen molar-refractivity contribution < 1.29 is 43.8 Å². The van der Waals surface area contributed by atoms with Gasteiger partial charge in [-0.3, -0.25) is 38.8 Å². The van der Waals surface area contributed by atoms with Crippen LogP contribution in [0.4, 0.5) is 0 Å². The smallest absolute Gasteiger partial charge is 0.326 e. The molecule has 0 saturated heterocycles. The predicted molar refractivity (Wildman–Crippen MR) is 246 cm³/mol. The fourth-order valence-corrected chi connectivity index (χ4v) is 6.46. The van der Waals surface area contributed by atoms with Gasteiger partial charge in [0.1, 0.15) is 42.3 Å². The maximum absolute atomic E-state index is 14.2. The Labute approximate surface area is 380 Å². The maximum Gasteiger partial charge on any atom is 0.326 e. The zero-order chi connectivity index (χ0) is 49.1. The largest absolute Gasteiger partial charge is 0.480 e. The molecule has 1 rings (SSSR count). The number of aliphatic hydroxyl groups excluding tert-OH is 1. The summed E-state index contributed by atoms with van der Waals surface area (Å²) in [5, 5.41) is 35.2. The van der Waals surface area contributed by atoms with Crippen LogP contribution in [-0.4, -0.2) is 132 Å². The van der Waals surface area contributed by atoms with Crippen LogP contribution in [-0.2, 0) is 40.0 Å². The summed E-state index contributed by atoms with van der Waals surface area (Å²) in [5.74, 6) is -6.84. The van der Waals surface area contributed by atoms with Crippen LogP contribution in [0.5, 0.6) is 0 Å². The van der Waals surface area contributed by atoms with E-state index in [1.54, 1.807) is 44.2 Å². The van der Waals surface area contributed by atoms with Crippen molar-refractivity contribution in [2.24, 2.45) is 56.2 Å². The van der Waals surface area contributed by atoms with Crippen LogP contribution in [0.2, 0.25) is 0 Å². The van der Waals surface area contributed by atoms with Crippen LogP contribution in [0.3, 0.4) is 0 Å². The Morgan fingerprint density at radius 3 is 1.49 bits per heavy atom. The first-order valence-corrected chi connectivity index (χ1v) is 22.0. The van der Waals surface area contributed by atoms with Crippen LogP contribution in [0.15, 0.2) is 40.3 Å². The van der Waals surface area contributed by atoms with Crippen molar-refractivity contribution in [2.45, 2.75) is 134 Å². The Kier molecular flexibility index (Phi) is 27.1. The number of aliphatic hydroxyl groups is 1. The van der Waals surface area contributed by atoms with E-state index in [-0.39, 0.29) is 75.9 Å². The van der Waals surface area contributed by atoms with E-state index in [1.165, 1.54) is 0 Å². The summed E-state index contributed by atoms with van der Waals surface area (Å²) in [4.78, 5) is 103. The van der Waals surface area contributed by atoms with E-state index in [0.717, 1.165) is 0 Å². The number of nitrogens with one attached hydrogen (secondary N) is 6. The van der Waals surface area contributed by atoms with E-state index in [4.69, 9.17) is 34.4 Å². The number of benzene rings is 1. The number of carbonyl (C=O) groups is 7. The Morgan fingerprint density at radius 2 is 1.06 bits per heavy atom. The van der Waals surface area contributed by atoms with E-state index < -0.39 is 96.2 Å². The standard InChI is InChI=1S/C42H74N14O9/c1-5-25(4)33(39(63)55-32(40(64)65)22-26-13-7-6-8-14-26)56-38(62)31(21-24(2)3)54-37(61)30(17-12-20-50-42(47)48)53-36(60)29(16-11-19-49-41(45)46)52-35(59)28(15-9-10-18-43)51-34(58)27(44)23-57/h6-8,13-14,24-25,27-33,57H,5,9-12,15-23,43-44H2,1-4H3,(H,51,58)(H,52,59)(H,53,60)(H,54,61)(H,55,63)(H,56,62)(H,64,65)(H4,45,46,49)(H4,47,48,50)/t25-,27-,28-,29-,30-,31-,32-,33-/m0/s1. The molecule has 1 aromatic rings. The number of aliphatic carboxylic acids is 1. The number of unbranched alkanes of at least 4 members (excludes halogenated alkanes) is 1. The summed E-state index contributed by atoms with van der Waals surface area (Å²) >= 11 is 0. The van der Waals surface area contributed by atoms with Gasteiger partial charge in [0, 0.05) is 19.5 Å². The molecule has 0 fully saturated rings. The number of guanidine groups is 2. The van der Waals surface area contributed by atoms with Crippen molar-refractivity contribution >= 4 is 53.3 Å². The van der Waals surface area contributed by atoms with E-state index in [0.29, 0.717) is 31.4 Å². The number of hydrogen-bond donors (Lipinski definition) is 14. The van der Waals surface area contributed by atoms with E-state index in [9.17, 15) is 43.8 Å². The number of hydrogen-bond acceptors (Lipinski definition) is 12. The first-order chi connectivity index (χ1) is 30.7. The minimum absolute atomic E-state index is 0.00249. The molecule has 6 amide bonds. The molecule has 0 aliphatic rings. The molecule has 0 aliphatic carbocycles. The molecule has 23 nitrogen and oxygen atoms in total. The molecule has 0 heterocycles. The summed E-state index contributed by atoms with van der Waals surface area (Å²) in [5.41, 5.74) is 34.0. The summed E-state index contributed by atoms with van der Waals surface area (Å²) in [7, 11) is 0. The zero-order valence-electron chi connectivity index (χ0n) is 38.1. The van der Waals surface area contributed by atoms with Crippen molar-refractivity contribution in [3.8, 4) is 0 Å². The molecule has 23 heteroatoms. The highest BCUT2D eigenvalue weighted by Crippen LogP contribution is 2.14. The second-order valence-corrected chi connectivity index (χ2v) is 16.3. The normalized spacial score (nSPS) is 14.7. The minimum atomic E-state index is -1.32. The van der Waals surface area contributed by atoms with Gasteiger partial charge >= 0.3 is 5.97 Å². The third-order valence-corrected chi connectivity index (χ3v) is 10.3. The van der Waals surface area contributed by atoms with E-state index >= 15 is 0 Å². The third-order valence-electron chi connectivity index (χ3n) is 10.3. The number of carboxylic acid groups (broad SMARTS) is 1. The molecule has 0 unspecified atom stereocenters. The lowest BCUT2D eigenvalue weighted by atomic mass is 9.96. The van der Waals surface area contributed by atoms with Gasteiger partial charge in [-0.1, -0.05) is 64.4 Å². The lowest BCUT2D eigenvalue weighted by molar-refractivity contribution is -0.142. The summed E-state index contributed by atoms with van der Waals surface area (Å²) in [6, 6.07) is -0.0622. The van der Waals surface area contributed by atoms with Gasteiger partial charge in [-0.25, -0.2) is 4.79 Å². The van der Waals surface area contributed by atoms with Crippen molar-refractivity contribution in [3.05, 3.63) is 35.9 Å². The summed E-state index contributed by atoms with van der Waals surface area (Å²) < 4.78 is 0. The molecule has 0 aromatic heterocycles. The summed E-state index contributed by atoms with van der Waals surface area (Å²) in [6.45, 7) is 6.96. The molecule has 20 N–H and O–H groups in total. The molecular weight excluding hydrogens is 845 g/mol. The van der Waals surface area contributed by atoms with Gasteiger partial charge in [0.25, 0.3) is 0 Å². The lowest BCUT2D eigenvalue weighted by Crippen LogP contribution is -2.60. The monoisotopic (exact) mass is 919 g/mol. The molecule has 8 atom stereocenters. The van der Waals surface area contributed by atoms with Gasteiger partial charge < -0.3 is 76.5 Å². The number of nitrogens with two attached hydrogens (primary N) is 6. The van der Waals surface area contributed by atoms with Crippen molar-refractivity contribution in [2.75, 3.05) is 26.2 Å². The van der Waals surface area contributed by atoms with Crippen LogP contribution in [0.1, 0.15) is 91.0 Å². The van der Waals surface area contributed by atoms with Gasteiger partial charge in [0.05, 0.1) is 6.61 Å². The molecular formula is C42H74N14O9. The van der Waals surface area contributed by atoms with Crippen LogP contribution >= 0.6 is 0 Å². The fourth-order valence-electron chi connectivity index (χ4n) is 6.46. The SMILES string of the molecule is CC[C@H](C)[C@H](NC(=O)[C@H](CC(C)C)NC(=O)[C@H](CCCN=C(N)N)NC(=O)[C@H](CCCN=C(N)N)NC(=O)[C@H](CCCCN)NC(=O)[C@@H](N)CO)C(=O)N[C@@H](Cc1ccccc1)C(=O)O. The highest BCUT2D eigenvalue weighted by molar-refractivity contribution is 5.97. The zero-order valence-corrected chi connectivity index (χ0v) is 38.1. The van der Waals surface area contributed by atoms with E-state index in [2.05, 4.69) is 41.9 Å². The van der Waals surface area contributed by atoms with Gasteiger partial charge in [0.15, 0.2) is 11.9 Å². The molecule has 0 aliphatic heterocycles. The molecule has 0 radical (unpaired) electrons. The van der Waals surface area contributed by atoms with Crippen molar-refractivity contribution in [1.82, 2.24) is 31.9 Å². The highest BCUT2D eigenvalue weighted by atomic mass is 16.4. The van der Waals surface area contributed by atoms with Gasteiger partial charge in [0.2, 0.25) is 35.4 Å². The number of amides is 6. The molecule has 1 aromatic carbocycles. The maximum atomic E-state index is 14.2. The number of carbonyl (C=O) groups excluding carboxylic acids is 6. The Bertz CT molecular complexity index is 1720. The van der Waals surface area contributed by atoms with E-state index in [1.807, 2.05) is 13.8 Å². The molecule has 0 bridgehead atoms. The van der Waals surface area contributed by atoms with Crippen molar-refractivity contribution in [3.63, 3.8) is 0 Å². The molecule has 0 spiro atoms. The number of rotatable bonds is 32. The quantitative estimate of drug-likeness (QED) is 0.0193. The van der Waals surface area contributed by atoms with Gasteiger partial charge in [-0.05, 0) is 75.3 Å². The van der Waals surface area contributed by atoms with Crippen LogP contribution < -0.4 is 66.3 Å². The second-order valence-electron chi connectivity index (χ2n) is 16.3. The Balaban J connectivity index is 3.50. The van der Waals surface area contributed by atoms with Gasteiger partial charge in [-0.15, -0.1) is 0 Å². The number of carboxylic acids is 1. The number of aliphatic imine (C=N–C) groups is 2. The Morgan fingerprint density at radius 1 is 0.615 bits per heavy atom. The summed E-state index contributed by atoms with van der Waals surface area (Å²) in [6.07, 6.45) is 1.91. The lowest BCUT2D eigenvalue weighted by Gasteiger charge is -2.29. The molecule has 366 valence electrons. The highest BCUT2D eigenvalue weighted by Gasteiger charge is 2.35. The molecule has 65 heavy (non-hydrogen) atoms. The average Bonchev–Trinajstić information content (AvgIpc) is 3.25. The topological polar surface area (TPSA) is 413 Å². The third kappa shape index (κ3) is 22.9. The Hall–Kier alpha value is -6.07. The van der Waals surface area contributed by atoms with Crippen molar-refractivity contribution in [1.29, 1.82) is 0 Å². The fraction of sp³-hybridized carbons (Fsp3) is 0.643. The van der Waals surface area contributed by atoms with Gasteiger partial charge in [-0.2, -0.15) is 0 Å². The molecule has 0 saturated carbocycles. The van der Waals surface area contributed by atoms with Crippen LogP contribution in [0, 0.1) is 11.8 Å². The average molecular weight is 919 g/mol. The van der Waals surface area contributed by atoms with Crippen LogP contribution in [0.25, 0.3) is 0 Å².